The van der Waals surface area contributed by atoms with E-state index in [-0.39, 0.29) is 25.6 Å². The number of allylic oxidation sites excluding steroid dienone is 6. The van der Waals surface area contributed by atoms with Crippen molar-refractivity contribution in [2.24, 2.45) is 0 Å². The number of aliphatic hydroxyl groups excluding tert-OH is 7. The number of esters is 1. The van der Waals surface area contributed by atoms with Crippen molar-refractivity contribution >= 4 is 5.97 Å². The van der Waals surface area contributed by atoms with Gasteiger partial charge in [-0.1, -0.05) is 224 Å². The monoisotopic (exact) mass is 1050 g/mol. The molecule has 11 unspecified atom stereocenters. The van der Waals surface area contributed by atoms with Crippen LogP contribution < -0.4 is 0 Å². The number of carbonyl (C=O) groups is 1. The normalized spacial score (nSPS) is 25.0. The quantitative estimate of drug-likeness (QED) is 0.0172. The SMILES string of the molecule is CC/C=C\C/C=C\C/C=C\CCCCCCCCCCOCC(COC1OC(COC2OC(CO)C(O)C(O)C2O)C(O)C(O)C1O)OC(=O)CCCCCCCCCCCCCCCCCCCCCCCC. The molecule has 0 aromatic rings. The molecule has 434 valence electrons. The van der Waals surface area contributed by atoms with Crippen LogP contribution in [-0.2, 0) is 33.2 Å². The molecule has 74 heavy (non-hydrogen) atoms. The predicted octanol–water partition coefficient (Wildman–Crippen LogP) is 10.9. The van der Waals surface area contributed by atoms with Gasteiger partial charge < -0.3 is 64.2 Å². The lowest BCUT2D eigenvalue weighted by Gasteiger charge is -2.42. The molecule has 7 N–H and O–H groups in total. The minimum absolute atomic E-state index is 0.0593. The fourth-order valence-corrected chi connectivity index (χ4v) is 9.60. The van der Waals surface area contributed by atoms with E-state index in [1.807, 2.05) is 0 Å². The molecule has 11 atom stereocenters. The van der Waals surface area contributed by atoms with E-state index in [0.29, 0.717) is 13.0 Å². The van der Waals surface area contributed by atoms with E-state index in [1.54, 1.807) is 0 Å². The second-order valence-corrected chi connectivity index (χ2v) is 21.2. The van der Waals surface area contributed by atoms with Gasteiger partial charge in [-0.2, -0.15) is 0 Å². The molecule has 0 spiro atoms. The molecule has 2 saturated heterocycles. The maximum atomic E-state index is 13.1. The second kappa shape index (κ2) is 47.2. The van der Waals surface area contributed by atoms with E-state index >= 15 is 0 Å². The van der Waals surface area contributed by atoms with Gasteiger partial charge in [0.2, 0.25) is 0 Å². The second-order valence-electron chi connectivity index (χ2n) is 21.2. The Hall–Kier alpha value is -1.79. The van der Waals surface area contributed by atoms with Crippen molar-refractivity contribution in [3.8, 4) is 0 Å². The molecule has 2 aliphatic rings. The summed E-state index contributed by atoms with van der Waals surface area (Å²) in [6, 6.07) is 0. The first-order chi connectivity index (χ1) is 36.1. The van der Waals surface area contributed by atoms with Gasteiger partial charge in [0.1, 0.15) is 54.9 Å². The van der Waals surface area contributed by atoms with Crippen LogP contribution in [0.1, 0.15) is 239 Å². The molecular weight excluding hydrogens is 945 g/mol. The minimum Gasteiger partial charge on any atom is -0.457 e. The van der Waals surface area contributed by atoms with Crippen LogP contribution in [0.25, 0.3) is 0 Å². The Morgan fingerprint density at radius 3 is 1.38 bits per heavy atom. The summed E-state index contributed by atoms with van der Waals surface area (Å²) in [5.74, 6) is -0.374. The van der Waals surface area contributed by atoms with Gasteiger partial charge in [-0.15, -0.1) is 0 Å². The van der Waals surface area contributed by atoms with Crippen LogP contribution in [0.15, 0.2) is 36.5 Å². The third-order valence-corrected chi connectivity index (χ3v) is 14.4. The molecule has 2 fully saturated rings. The lowest BCUT2D eigenvalue weighted by atomic mass is 9.98. The molecule has 0 amide bonds. The molecule has 0 saturated carbocycles. The summed E-state index contributed by atoms with van der Waals surface area (Å²) in [4.78, 5) is 13.1. The Labute approximate surface area is 449 Å². The molecule has 2 rings (SSSR count). The number of hydrogen-bond acceptors (Lipinski definition) is 14. The molecule has 0 aromatic carbocycles. The number of carbonyl (C=O) groups excluding carboxylic acids is 1. The standard InChI is InChI=1S/C60H110O14/c1-3-5-7-9-11-13-15-17-19-21-23-24-25-26-27-29-31-33-35-37-39-41-43-52(62)72-49(46-69-44-42-40-38-36-34-32-30-28-22-20-18-16-14-12-10-8-6-4-2)47-70-59-58(68)56(66)54(64)51(74-59)48-71-60-57(67)55(65)53(63)50(45-61)73-60/h6,8,12,14,18,20,49-51,53-61,63-68H,3-5,7,9-11,13,15-17,19,21-48H2,1-2H3/b8-6-,14-12-,20-18-. The molecule has 0 aromatic heterocycles. The van der Waals surface area contributed by atoms with E-state index in [1.165, 1.54) is 148 Å². The Kier molecular flexibility index (Phi) is 43.6. The van der Waals surface area contributed by atoms with Gasteiger partial charge in [-0.25, -0.2) is 0 Å². The third kappa shape index (κ3) is 33.5. The molecule has 14 heteroatoms. The first kappa shape index (κ1) is 68.3. The Morgan fingerprint density at radius 1 is 0.459 bits per heavy atom. The highest BCUT2D eigenvalue weighted by Crippen LogP contribution is 2.27. The van der Waals surface area contributed by atoms with E-state index in [4.69, 9.17) is 28.4 Å². The Bertz CT molecular complexity index is 1360. The maximum absolute atomic E-state index is 13.1. The zero-order chi connectivity index (χ0) is 53.7. The van der Waals surface area contributed by atoms with Crippen LogP contribution in [0.3, 0.4) is 0 Å². The van der Waals surface area contributed by atoms with Crippen LogP contribution in [0.2, 0.25) is 0 Å². The zero-order valence-corrected chi connectivity index (χ0v) is 46.6. The molecular formula is C60H110O14. The van der Waals surface area contributed by atoms with E-state index in [0.717, 1.165) is 64.2 Å². The number of aliphatic hydroxyl groups is 7. The van der Waals surface area contributed by atoms with Gasteiger partial charge >= 0.3 is 5.97 Å². The number of hydrogen-bond donors (Lipinski definition) is 7. The van der Waals surface area contributed by atoms with E-state index < -0.39 is 80.7 Å². The highest BCUT2D eigenvalue weighted by molar-refractivity contribution is 5.69. The molecule has 0 aliphatic carbocycles. The fraction of sp³-hybridized carbons (Fsp3) is 0.883. The zero-order valence-electron chi connectivity index (χ0n) is 46.6. The average molecular weight is 1060 g/mol. The summed E-state index contributed by atoms with van der Waals surface area (Å²) in [6.45, 7) is 3.61. The molecule has 14 nitrogen and oxygen atoms in total. The summed E-state index contributed by atoms with van der Waals surface area (Å²) in [5, 5.41) is 72.4. The van der Waals surface area contributed by atoms with E-state index in [2.05, 4.69) is 50.3 Å². The van der Waals surface area contributed by atoms with Crippen LogP contribution in [0, 0.1) is 0 Å². The number of rotatable bonds is 49. The number of unbranched alkanes of at least 4 members (excludes halogenated alkanes) is 29. The third-order valence-electron chi connectivity index (χ3n) is 14.4. The van der Waals surface area contributed by atoms with Crippen molar-refractivity contribution in [3.05, 3.63) is 36.5 Å². The summed E-state index contributed by atoms with van der Waals surface area (Å²) in [7, 11) is 0. The molecule has 0 radical (unpaired) electrons. The van der Waals surface area contributed by atoms with Gasteiger partial charge in [-0.05, 0) is 44.9 Å². The summed E-state index contributed by atoms with van der Waals surface area (Å²) >= 11 is 0. The summed E-state index contributed by atoms with van der Waals surface area (Å²) in [6.07, 6.45) is 39.2. The summed E-state index contributed by atoms with van der Waals surface area (Å²) < 4.78 is 34.4. The predicted molar refractivity (Wildman–Crippen MR) is 293 cm³/mol. The fourth-order valence-electron chi connectivity index (χ4n) is 9.60. The van der Waals surface area contributed by atoms with Gasteiger partial charge in [0.05, 0.1) is 26.4 Å². The Balaban J connectivity index is 1.69. The molecule has 0 bridgehead atoms. The summed E-state index contributed by atoms with van der Waals surface area (Å²) in [5.41, 5.74) is 0. The van der Waals surface area contributed by atoms with Crippen molar-refractivity contribution in [1.29, 1.82) is 0 Å². The lowest BCUT2D eigenvalue weighted by molar-refractivity contribution is -0.332. The van der Waals surface area contributed by atoms with Crippen LogP contribution in [0.5, 0.6) is 0 Å². The van der Waals surface area contributed by atoms with Crippen molar-refractivity contribution < 1.29 is 69.0 Å². The van der Waals surface area contributed by atoms with Crippen LogP contribution in [-0.4, -0.2) is 142 Å². The van der Waals surface area contributed by atoms with Crippen molar-refractivity contribution in [1.82, 2.24) is 0 Å². The number of ether oxygens (including phenoxy) is 6. The van der Waals surface area contributed by atoms with Gasteiger partial charge in [0.25, 0.3) is 0 Å². The molecule has 2 heterocycles. The first-order valence-electron chi connectivity index (χ1n) is 30.1. The largest absolute Gasteiger partial charge is 0.457 e. The van der Waals surface area contributed by atoms with E-state index in [9.17, 15) is 40.5 Å². The topological polar surface area (TPSA) is 214 Å². The highest BCUT2D eigenvalue weighted by Gasteiger charge is 2.47. The van der Waals surface area contributed by atoms with Crippen molar-refractivity contribution in [2.45, 2.75) is 306 Å². The first-order valence-corrected chi connectivity index (χ1v) is 30.1. The van der Waals surface area contributed by atoms with Crippen LogP contribution in [0.4, 0.5) is 0 Å². The molecule has 2 aliphatic heterocycles. The highest BCUT2D eigenvalue weighted by atomic mass is 16.7. The lowest BCUT2D eigenvalue weighted by Crippen LogP contribution is -2.61. The smallest absolute Gasteiger partial charge is 0.306 e. The Morgan fingerprint density at radius 2 is 0.878 bits per heavy atom. The van der Waals surface area contributed by atoms with Gasteiger partial charge in [0, 0.05) is 13.0 Å². The van der Waals surface area contributed by atoms with Crippen molar-refractivity contribution in [3.63, 3.8) is 0 Å². The van der Waals surface area contributed by atoms with Gasteiger partial charge in [-0.3, -0.25) is 4.79 Å². The maximum Gasteiger partial charge on any atom is 0.306 e. The average Bonchev–Trinajstić information content (AvgIpc) is 3.40. The minimum atomic E-state index is -1.71. The van der Waals surface area contributed by atoms with Crippen LogP contribution >= 0.6 is 0 Å². The van der Waals surface area contributed by atoms with Gasteiger partial charge in [0.15, 0.2) is 12.6 Å². The van der Waals surface area contributed by atoms with Crippen molar-refractivity contribution in [2.75, 3.05) is 33.0 Å².